The largest absolute Gasteiger partial charge is 0.397 e. The summed E-state index contributed by atoms with van der Waals surface area (Å²) in [5, 5.41) is 0. The molecule has 2 aliphatic rings. The predicted octanol–water partition coefficient (Wildman–Crippen LogP) is 1.74. The lowest BCUT2D eigenvalue weighted by Crippen LogP contribution is -2.48. The minimum Gasteiger partial charge on any atom is -0.397 e. The lowest BCUT2D eigenvalue weighted by atomic mass is 10.00. The van der Waals surface area contributed by atoms with E-state index in [0.717, 1.165) is 51.4 Å². The Morgan fingerprint density at radius 1 is 1.35 bits per heavy atom. The van der Waals surface area contributed by atoms with Gasteiger partial charge in [0.1, 0.15) is 0 Å². The van der Waals surface area contributed by atoms with Gasteiger partial charge >= 0.3 is 0 Å². The maximum atomic E-state index is 6.20. The van der Waals surface area contributed by atoms with E-state index in [1.807, 2.05) is 6.07 Å². The molecular weight excluding hydrogens is 250 g/mol. The second kappa shape index (κ2) is 6.02. The molecule has 0 spiro atoms. The summed E-state index contributed by atoms with van der Waals surface area (Å²) >= 11 is 0. The van der Waals surface area contributed by atoms with Crippen LogP contribution in [0.15, 0.2) is 18.2 Å². The molecule has 2 aliphatic heterocycles. The van der Waals surface area contributed by atoms with Crippen LogP contribution in [0.2, 0.25) is 0 Å². The number of nitrogens with two attached hydrogens (primary N) is 1. The third-order valence-corrected chi connectivity index (χ3v) is 4.44. The van der Waals surface area contributed by atoms with Crippen molar-refractivity contribution < 1.29 is 4.74 Å². The molecule has 0 bridgehead atoms. The number of aryl methyl sites for hydroxylation is 1. The summed E-state index contributed by atoms with van der Waals surface area (Å²) in [7, 11) is 0. The molecule has 1 unspecified atom stereocenters. The molecule has 4 heteroatoms. The molecule has 110 valence electrons. The smallest absolute Gasteiger partial charge is 0.0877 e. The van der Waals surface area contributed by atoms with Crippen LogP contribution in [-0.4, -0.2) is 50.3 Å². The molecule has 0 aromatic heterocycles. The molecule has 1 fully saturated rings. The lowest BCUT2D eigenvalue weighted by molar-refractivity contribution is -0.0221. The SMILES string of the molecule is CCN1CCOC(CN2CCCc3cccc(N)c32)C1. The second-order valence-corrected chi connectivity index (χ2v) is 5.79. The maximum Gasteiger partial charge on any atom is 0.0877 e. The fourth-order valence-electron chi connectivity index (χ4n) is 3.38. The van der Waals surface area contributed by atoms with Crippen molar-refractivity contribution in [2.24, 2.45) is 0 Å². The number of ether oxygens (including phenoxy) is 1. The fraction of sp³-hybridized carbons (Fsp3) is 0.625. The summed E-state index contributed by atoms with van der Waals surface area (Å²) in [6.45, 7) is 8.32. The number of nitrogens with zero attached hydrogens (tertiary/aromatic N) is 2. The first-order valence-electron chi connectivity index (χ1n) is 7.74. The molecule has 1 atom stereocenters. The Kier molecular flexibility index (Phi) is 4.13. The Hall–Kier alpha value is -1.26. The number of hydrogen-bond acceptors (Lipinski definition) is 4. The molecule has 1 aromatic rings. The number of fused-ring (bicyclic) bond motifs is 1. The van der Waals surface area contributed by atoms with Gasteiger partial charge in [0.05, 0.1) is 24.1 Å². The van der Waals surface area contributed by atoms with Gasteiger partial charge in [0, 0.05) is 26.2 Å². The number of morpholine rings is 1. The van der Waals surface area contributed by atoms with Gasteiger partial charge in [-0.15, -0.1) is 0 Å². The Balaban J connectivity index is 1.73. The lowest BCUT2D eigenvalue weighted by Gasteiger charge is -2.38. The van der Waals surface area contributed by atoms with Crippen LogP contribution in [0.25, 0.3) is 0 Å². The average Bonchev–Trinajstić information content (AvgIpc) is 2.48. The summed E-state index contributed by atoms with van der Waals surface area (Å²) in [4.78, 5) is 4.89. The van der Waals surface area contributed by atoms with Gasteiger partial charge in [-0.05, 0) is 31.0 Å². The zero-order chi connectivity index (χ0) is 13.9. The van der Waals surface area contributed by atoms with Crippen molar-refractivity contribution in [2.45, 2.75) is 25.9 Å². The van der Waals surface area contributed by atoms with E-state index in [-0.39, 0.29) is 0 Å². The highest BCUT2D eigenvalue weighted by molar-refractivity contribution is 5.72. The summed E-state index contributed by atoms with van der Waals surface area (Å²) in [5.41, 5.74) is 9.74. The molecule has 2 heterocycles. The van der Waals surface area contributed by atoms with E-state index >= 15 is 0 Å². The van der Waals surface area contributed by atoms with Gasteiger partial charge in [-0.3, -0.25) is 4.90 Å². The summed E-state index contributed by atoms with van der Waals surface area (Å²) in [5.74, 6) is 0. The zero-order valence-electron chi connectivity index (χ0n) is 12.3. The summed E-state index contributed by atoms with van der Waals surface area (Å²) in [6, 6.07) is 6.28. The number of likely N-dealkylation sites (N-methyl/N-ethyl adjacent to an activating group) is 1. The molecular formula is C16H25N3O. The Morgan fingerprint density at radius 3 is 3.10 bits per heavy atom. The van der Waals surface area contributed by atoms with E-state index in [9.17, 15) is 0 Å². The molecule has 3 rings (SSSR count). The third-order valence-electron chi connectivity index (χ3n) is 4.44. The first-order valence-corrected chi connectivity index (χ1v) is 7.74. The number of benzene rings is 1. The Morgan fingerprint density at radius 2 is 2.25 bits per heavy atom. The molecule has 1 saturated heterocycles. The van der Waals surface area contributed by atoms with Crippen molar-refractivity contribution >= 4 is 11.4 Å². The number of para-hydroxylation sites is 1. The summed E-state index contributed by atoms with van der Waals surface area (Å²) in [6.07, 6.45) is 2.65. The van der Waals surface area contributed by atoms with Crippen LogP contribution in [0, 0.1) is 0 Å². The molecule has 0 amide bonds. The van der Waals surface area contributed by atoms with Crippen molar-refractivity contribution in [3.63, 3.8) is 0 Å². The molecule has 2 N–H and O–H groups in total. The van der Waals surface area contributed by atoms with Crippen molar-refractivity contribution in [2.75, 3.05) is 50.0 Å². The minimum absolute atomic E-state index is 0.300. The number of anilines is 2. The number of rotatable bonds is 3. The van der Waals surface area contributed by atoms with Gasteiger partial charge in [-0.1, -0.05) is 19.1 Å². The van der Waals surface area contributed by atoms with E-state index in [1.165, 1.54) is 17.7 Å². The highest BCUT2D eigenvalue weighted by atomic mass is 16.5. The van der Waals surface area contributed by atoms with E-state index in [1.54, 1.807) is 0 Å². The van der Waals surface area contributed by atoms with Gasteiger partial charge in [0.25, 0.3) is 0 Å². The van der Waals surface area contributed by atoms with Gasteiger partial charge < -0.3 is 15.4 Å². The monoisotopic (exact) mass is 275 g/mol. The molecule has 4 nitrogen and oxygen atoms in total. The number of nitrogen functional groups attached to an aromatic ring is 1. The van der Waals surface area contributed by atoms with Crippen LogP contribution in [0.1, 0.15) is 18.9 Å². The highest BCUT2D eigenvalue weighted by Crippen LogP contribution is 2.33. The zero-order valence-corrected chi connectivity index (χ0v) is 12.3. The van der Waals surface area contributed by atoms with Crippen molar-refractivity contribution in [3.05, 3.63) is 23.8 Å². The van der Waals surface area contributed by atoms with Gasteiger partial charge in [-0.2, -0.15) is 0 Å². The van der Waals surface area contributed by atoms with Gasteiger partial charge in [0.2, 0.25) is 0 Å². The predicted molar refractivity (Wildman–Crippen MR) is 83.2 cm³/mol. The summed E-state index contributed by atoms with van der Waals surface area (Å²) < 4.78 is 5.94. The first kappa shape index (κ1) is 13.7. The third kappa shape index (κ3) is 2.76. The van der Waals surface area contributed by atoms with Crippen LogP contribution in [0.5, 0.6) is 0 Å². The molecule has 20 heavy (non-hydrogen) atoms. The van der Waals surface area contributed by atoms with Crippen molar-refractivity contribution in [1.29, 1.82) is 0 Å². The fourth-order valence-corrected chi connectivity index (χ4v) is 3.38. The van der Waals surface area contributed by atoms with Crippen LogP contribution >= 0.6 is 0 Å². The van der Waals surface area contributed by atoms with Gasteiger partial charge in [0.15, 0.2) is 0 Å². The van der Waals surface area contributed by atoms with Crippen LogP contribution in [0.3, 0.4) is 0 Å². The second-order valence-electron chi connectivity index (χ2n) is 5.79. The number of hydrogen-bond donors (Lipinski definition) is 1. The van der Waals surface area contributed by atoms with Crippen molar-refractivity contribution in [1.82, 2.24) is 4.90 Å². The standard InChI is InChI=1S/C16H25N3O/c1-2-18-9-10-20-14(11-18)12-19-8-4-6-13-5-3-7-15(17)16(13)19/h3,5,7,14H,2,4,6,8-12,17H2,1H3. The normalized spacial score (nSPS) is 23.6. The average molecular weight is 275 g/mol. The van der Waals surface area contributed by atoms with E-state index in [0.29, 0.717) is 6.10 Å². The molecule has 1 aromatic carbocycles. The Labute approximate surface area is 121 Å². The Bertz CT molecular complexity index is 463. The molecule has 0 radical (unpaired) electrons. The molecule has 0 aliphatic carbocycles. The van der Waals surface area contributed by atoms with Crippen LogP contribution in [0.4, 0.5) is 11.4 Å². The van der Waals surface area contributed by atoms with Gasteiger partial charge in [-0.25, -0.2) is 0 Å². The maximum absolute atomic E-state index is 6.20. The van der Waals surface area contributed by atoms with Crippen LogP contribution in [-0.2, 0) is 11.2 Å². The quantitative estimate of drug-likeness (QED) is 0.853. The van der Waals surface area contributed by atoms with E-state index < -0.39 is 0 Å². The van der Waals surface area contributed by atoms with E-state index in [4.69, 9.17) is 10.5 Å². The van der Waals surface area contributed by atoms with Crippen LogP contribution < -0.4 is 10.6 Å². The minimum atomic E-state index is 0.300. The van der Waals surface area contributed by atoms with E-state index in [2.05, 4.69) is 28.9 Å². The topological polar surface area (TPSA) is 41.7 Å². The highest BCUT2D eigenvalue weighted by Gasteiger charge is 2.25. The first-order chi connectivity index (χ1) is 9.78. The van der Waals surface area contributed by atoms with Crippen molar-refractivity contribution in [3.8, 4) is 0 Å². The molecule has 0 saturated carbocycles.